The van der Waals surface area contributed by atoms with Gasteiger partial charge in [0.15, 0.2) is 0 Å². The molecule has 0 aliphatic carbocycles. The second-order valence-corrected chi connectivity index (χ2v) is 6.88. The number of thiazole rings is 1. The largest absolute Gasteiger partial charge is 0.489 e. The highest BCUT2D eigenvalue weighted by atomic mass is 32.1. The summed E-state index contributed by atoms with van der Waals surface area (Å²) >= 11 is 1.43. The van der Waals surface area contributed by atoms with Crippen molar-refractivity contribution in [2.45, 2.75) is 6.61 Å². The van der Waals surface area contributed by atoms with E-state index in [0.29, 0.717) is 18.0 Å². The summed E-state index contributed by atoms with van der Waals surface area (Å²) in [6.45, 7) is 0.503. The lowest BCUT2D eigenvalue weighted by molar-refractivity contribution is 0.102. The zero-order valence-electron chi connectivity index (χ0n) is 14.9. The highest BCUT2D eigenvalue weighted by molar-refractivity contribution is 7.13. The molecule has 5 nitrogen and oxygen atoms in total. The third kappa shape index (κ3) is 4.42. The lowest BCUT2D eigenvalue weighted by Gasteiger charge is -2.08. The van der Waals surface area contributed by atoms with Crippen molar-refractivity contribution in [3.05, 3.63) is 95.8 Å². The molecule has 4 aromatic rings. The van der Waals surface area contributed by atoms with Gasteiger partial charge in [-0.25, -0.2) is 4.98 Å². The van der Waals surface area contributed by atoms with Crippen LogP contribution in [-0.2, 0) is 6.61 Å². The molecule has 2 aromatic carbocycles. The highest BCUT2D eigenvalue weighted by Crippen LogP contribution is 2.24. The summed E-state index contributed by atoms with van der Waals surface area (Å²) in [5.41, 5.74) is 3.13. The van der Waals surface area contributed by atoms with E-state index in [1.165, 1.54) is 11.3 Å². The molecule has 138 valence electrons. The first kappa shape index (κ1) is 17.9. The first-order valence-corrected chi connectivity index (χ1v) is 9.60. The molecule has 1 N–H and O–H groups in total. The maximum absolute atomic E-state index is 12.4. The molecule has 2 aromatic heterocycles. The summed E-state index contributed by atoms with van der Waals surface area (Å²) in [6, 6.07) is 21.0. The quantitative estimate of drug-likeness (QED) is 0.504. The summed E-state index contributed by atoms with van der Waals surface area (Å²) in [5.74, 6) is 0.505. The number of carbonyl (C=O) groups is 1. The van der Waals surface area contributed by atoms with Crippen molar-refractivity contribution in [1.29, 1.82) is 0 Å². The topological polar surface area (TPSA) is 64.1 Å². The van der Waals surface area contributed by atoms with Crippen LogP contribution < -0.4 is 10.1 Å². The monoisotopic (exact) mass is 387 g/mol. The van der Waals surface area contributed by atoms with Gasteiger partial charge in [-0.3, -0.25) is 9.78 Å². The molecule has 0 saturated heterocycles. The van der Waals surface area contributed by atoms with Gasteiger partial charge in [0, 0.05) is 29.0 Å². The van der Waals surface area contributed by atoms with E-state index in [2.05, 4.69) is 15.3 Å². The molecule has 0 spiro atoms. The van der Waals surface area contributed by atoms with Crippen molar-refractivity contribution in [2.75, 3.05) is 5.32 Å². The van der Waals surface area contributed by atoms with Gasteiger partial charge in [0.2, 0.25) is 0 Å². The average Bonchev–Trinajstić information content (AvgIpc) is 3.25. The van der Waals surface area contributed by atoms with Crippen molar-refractivity contribution >= 4 is 22.9 Å². The zero-order valence-corrected chi connectivity index (χ0v) is 15.7. The van der Waals surface area contributed by atoms with E-state index in [1.807, 2.05) is 66.7 Å². The van der Waals surface area contributed by atoms with E-state index < -0.39 is 0 Å². The third-order valence-corrected chi connectivity index (χ3v) is 4.92. The predicted octanol–water partition coefficient (Wildman–Crippen LogP) is 5.04. The first-order valence-electron chi connectivity index (χ1n) is 8.72. The fourth-order valence-electron chi connectivity index (χ4n) is 2.58. The van der Waals surface area contributed by atoms with E-state index in [1.54, 1.807) is 17.8 Å². The number of nitrogens with zero attached hydrogens (tertiary/aromatic N) is 2. The SMILES string of the molecule is O=C(Nc1ccc(OCc2ccccc2)cc1)c1csc(-c2ccncc2)n1. The van der Waals surface area contributed by atoms with Gasteiger partial charge < -0.3 is 10.1 Å². The predicted molar refractivity (Wildman–Crippen MR) is 111 cm³/mol. The second-order valence-electron chi connectivity index (χ2n) is 6.03. The zero-order chi connectivity index (χ0) is 19.2. The number of ether oxygens (including phenoxy) is 1. The molecule has 2 heterocycles. The minimum absolute atomic E-state index is 0.241. The van der Waals surface area contributed by atoms with Crippen LogP contribution in [-0.4, -0.2) is 15.9 Å². The third-order valence-electron chi connectivity index (χ3n) is 4.02. The van der Waals surface area contributed by atoms with E-state index in [-0.39, 0.29) is 5.91 Å². The minimum Gasteiger partial charge on any atom is -0.489 e. The van der Waals surface area contributed by atoms with Gasteiger partial charge in [-0.2, -0.15) is 0 Å². The van der Waals surface area contributed by atoms with Crippen LogP contribution in [0.15, 0.2) is 84.5 Å². The van der Waals surface area contributed by atoms with Gasteiger partial charge >= 0.3 is 0 Å². The Morgan fingerprint density at radius 3 is 2.46 bits per heavy atom. The van der Waals surface area contributed by atoms with Crippen molar-refractivity contribution in [3.8, 4) is 16.3 Å². The number of rotatable bonds is 6. The van der Waals surface area contributed by atoms with Gasteiger partial charge in [-0.1, -0.05) is 30.3 Å². The van der Waals surface area contributed by atoms with Crippen molar-refractivity contribution in [3.63, 3.8) is 0 Å². The van der Waals surface area contributed by atoms with Gasteiger partial charge in [-0.15, -0.1) is 11.3 Å². The number of hydrogen-bond donors (Lipinski definition) is 1. The molecular weight excluding hydrogens is 370 g/mol. The van der Waals surface area contributed by atoms with E-state index >= 15 is 0 Å². The van der Waals surface area contributed by atoms with Gasteiger partial charge in [0.05, 0.1) is 0 Å². The maximum atomic E-state index is 12.4. The minimum atomic E-state index is -0.241. The smallest absolute Gasteiger partial charge is 0.275 e. The summed E-state index contributed by atoms with van der Waals surface area (Å²) in [7, 11) is 0. The molecule has 0 atom stereocenters. The van der Waals surface area contributed by atoms with Crippen molar-refractivity contribution < 1.29 is 9.53 Å². The number of carbonyl (C=O) groups excluding carboxylic acids is 1. The normalized spacial score (nSPS) is 10.4. The molecule has 0 aliphatic rings. The molecule has 4 rings (SSSR count). The van der Waals surface area contributed by atoms with Crippen molar-refractivity contribution in [2.24, 2.45) is 0 Å². The Balaban J connectivity index is 1.36. The second kappa shape index (κ2) is 8.45. The van der Waals surface area contributed by atoms with Crippen LogP contribution in [0.5, 0.6) is 5.75 Å². The van der Waals surface area contributed by atoms with Gasteiger partial charge in [-0.05, 0) is 42.0 Å². The highest BCUT2D eigenvalue weighted by Gasteiger charge is 2.12. The summed E-state index contributed by atoms with van der Waals surface area (Å²) < 4.78 is 5.76. The molecule has 0 aliphatic heterocycles. The van der Waals surface area contributed by atoms with Crippen LogP contribution in [0.1, 0.15) is 16.1 Å². The lowest BCUT2D eigenvalue weighted by atomic mass is 10.2. The molecule has 0 bridgehead atoms. The van der Waals surface area contributed by atoms with Crippen LogP contribution in [0.2, 0.25) is 0 Å². The van der Waals surface area contributed by atoms with Crippen LogP contribution >= 0.6 is 11.3 Å². The lowest BCUT2D eigenvalue weighted by Crippen LogP contribution is -2.12. The van der Waals surface area contributed by atoms with Crippen LogP contribution in [0.3, 0.4) is 0 Å². The van der Waals surface area contributed by atoms with Gasteiger partial charge in [0.25, 0.3) is 5.91 Å². The molecule has 0 fully saturated rings. The molecule has 0 radical (unpaired) electrons. The number of anilines is 1. The maximum Gasteiger partial charge on any atom is 0.275 e. The van der Waals surface area contributed by atoms with E-state index in [9.17, 15) is 4.79 Å². The number of aromatic nitrogens is 2. The molecule has 0 saturated carbocycles. The van der Waals surface area contributed by atoms with Gasteiger partial charge in [0.1, 0.15) is 23.1 Å². The fourth-order valence-corrected chi connectivity index (χ4v) is 3.38. The average molecular weight is 387 g/mol. The number of pyridine rings is 1. The standard InChI is InChI=1S/C22H17N3O2S/c26-21(20-15-28-22(25-20)17-10-12-23-13-11-17)24-18-6-8-19(9-7-18)27-14-16-4-2-1-3-5-16/h1-13,15H,14H2,(H,24,26). The Hall–Kier alpha value is -3.51. The van der Waals surface area contributed by atoms with E-state index in [0.717, 1.165) is 21.9 Å². The first-order chi connectivity index (χ1) is 13.8. The Bertz CT molecular complexity index is 1050. The molecule has 28 heavy (non-hydrogen) atoms. The number of hydrogen-bond acceptors (Lipinski definition) is 5. The van der Waals surface area contributed by atoms with Crippen LogP contribution in [0, 0.1) is 0 Å². The summed E-state index contributed by atoms with van der Waals surface area (Å²) in [5, 5.41) is 5.40. The van der Waals surface area contributed by atoms with E-state index in [4.69, 9.17) is 4.74 Å². The Kier molecular flexibility index (Phi) is 5.40. The molecular formula is C22H17N3O2S. The Labute approximate surface area is 166 Å². The number of benzene rings is 2. The number of amides is 1. The molecule has 1 amide bonds. The van der Waals surface area contributed by atoms with Crippen LogP contribution in [0.4, 0.5) is 5.69 Å². The van der Waals surface area contributed by atoms with Crippen molar-refractivity contribution in [1.82, 2.24) is 9.97 Å². The summed E-state index contributed by atoms with van der Waals surface area (Å²) in [4.78, 5) is 20.8. The number of nitrogens with one attached hydrogen (secondary N) is 1. The molecule has 0 unspecified atom stereocenters. The fraction of sp³-hybridized carbons (Fsp3) is 0.0455. The Morgan fingerprint density at radius 1 is 0.964 bits per heavy atom. The molecule has 6 heteroatoms. The Morgan fingerprint density at radius 2 is 1.71 bits per heavy atom. The summed E-state index contributed by atoms with van der Waals surface area (Å²) in [6.07, 6.45) is 3.41. The van der Waals surface area contributed by atoms with Crippen LogP contribution in [0.25, 0.3) is 10.6 Å².